The number of carbonyl (C=O) groups excluding carboxylic acids is 5. The number of nitrogens with zero attached hydrogens (tertiary/aromatic N) is 2. The Labute approximate surface area is 225 Å². The molecule has 0 aromatic heterocycles. The van der Waals surface area contributed by atoms with Gasteiger partial charge in [-0.25, -0.2) is 0 Å². The molecule has 2 saturated carbocycles. The molecule has 2 fully saturated rings. The molecular formula is C29H33N3O7. The maximum absolute atomic E-state index is 13.9. The minimum atomic E-state index is -2.72. The Morgan fingerprint density at radius 1 is 1.10 bits per heavy atom. The van der Waals surface area contributed by atoms with E-state index in [2.05, 4.69) is 4.90 Å². The number of primary amides is 1. The number of carbonyl (C=O) groups is 5. The molecule has 0 bridgehead atoms. The number of amides is 1. The molecule has 2 aromatic carbocycles. The first-order valence-corrected chi connectivity index (χ1v) is 13.1. The molecule has 206 valence electrons. The van der Waals surface area contributed by atoms with Crippen LogP contribution in [0.15, 0.2) is 24.3 Å². The largest absolute Gasteiger partial charge is 0.507 e. The van der Waals surface area contributed by atoms with E-state index in [1.165, 1.54) is 4.90 Å². The molecule has 10 heteroatoms. The lowest BCUT2D eigenvalue weighted by Gasteiger charge is -2.52. The van der Waals surface area contributed by atoms with Gasteiger partial charge in [0, 0.05) is 17.8 Å². The summed E-state index contributed by atoms with van der Waals surface area (Å²) in [4.78, 5) is 70.0. The zero-order valence-electron chi connectivity index (χ0n) is 22.4. The zero-order valence-corrected chi connectivity index (χ0v) is 22.4. The van der Waals surface area contributed by atoms with Gasteiger partial charge >= 0.3 is 0 Å². The number of likely N-dealkylation sites (N-methyl/N-ethyl adjacent to an activating group) is 1. The summed E-state index contributed by atoms with van der Waals surface area (Å²) in [6.45, 7) is 3.50. The van der Waals surface area contributed by atoms with Crippen molar-refractivity contribution in [2.45, 2.75) is 38.0 Å². The number of hydrogen-bond donors (Lipinski definition) is 3. The van der Waals surface area contributed by atoms with Crippen LogP contribution in [0, 0.1) is 23.7 Å². The van der Waals surface area contributed by atoms with Crippen LogP contribution in [0.25, 0.3) is 10.8 Å². The van der Waals surface area contributed by atoms with E-state index in [0.29, 0.717) is 17.5 Å². The number of phenolic OH excluding ortho intramolecular Hbond substituents is 1. The quantitative estimate of drug-likeness (QED) is 0.463. The number of aliphatic hydroxyl groups is 1. The highest BCUT2D eigenvalue weighted by atomic mass is 16.3. The van der Waals surface area contributed by atoms with E-state index in [0.717, 1.165) is 17.5 Å². The molecule has 2 unspecified atom stereocenters. The highest BCUT2D eigenvalue weighted by Gasteiger charge is 2.69. The van der Waals surface area contributed by atoms with Gasteiger partial charge in [-0.3, -0.25) is 28.9 Å². The second-order valence-electron chi connectivity index (χ2n) is 11.4. The summed E-state index contributed by atoms with van der Waals surface area (Å²) >= 11 is 0. The van der Waals surface area contributed by atoms with Gasteiger partial charge in [0.2, 0.25) is 5.91 Å². The first-order valence-electron chi connectivity index (χ1n) is 13.1. The van der Waals surface area contributed by atoms with Crippen LogP contribution in [0.1, 0.15) is 34.8 Å². The number of phenols is 1. The van der Waals surface area contributed by atoms with Crippen molar-refractivity contribution >= 4 is 39.8 Å². The van der Waals surface area contributed by atoms with E-state index in [1.54, 1.807) is 14.1 Å². The molecule has 0 heterocycles. The van der Waals surface area contributed by atoms with E-state index in [1.807, 2.05) is 38.2 Å². The van der Waals surface area contributed by atoms with Gasteiger partial charge < -0.3 is 20.8 Å². The molecule has 2 aromatic rings. The normalized spacial score (nSPS) is 30.5. The van der Waals surface area contributed by atoms with Crippen LogP contribution in [0.3, 0.4) is 0 Å². The highest BCUT2D eigenvalue weighted by molar-refractivity contribution is 6.32. The maximum atomic E-state index is 13.9. The van der Waals surface area contributed by atoms with Crippen molar-refractivity contribution in [3.8, 4) is 5.75 Å². The number of benzene rings is 2. The van der Waals surface area contributed by atoms with E-state index < -0.39 is 64.4 Å². The molecule has 10 nitrogen and oxygen atoms in total. The average molecular weight is 536 g/mol. The summed E-state index contributed by atoms with van der Waals surface area (Å²) in [5.41, 5.74) is 4.17. The van der Waals surface area contributed by atoms with Crippen LogP contribution >= 0.6 is 0 Å². The van der Waals surface area contributed by atoms with Crippen molar-refractivity contribution in [2.24, 2.45) is 29.4 Å². The van der Waals surface area contributed by atoms with Crippen molar-refractivity contribution in [1.29, 1.82) is 0 Å². The number of rotatable bonds is 5. The zero-order chi connectivity index (χ0) is 28.5. The van der Waals surface area contributed by atoms with Crippen LogP contribution in [0.5, 0.6) is 5.75 Å². The van der Waals surface area contributed by atoms with Crippen molar-refractivity contribution in [3.63, 3.8) is 0 Å². The number of nitrogens with two attached hydrogens (primary N) is 1. The van der Waals surface area contributed by atoms with Crippen molar-refractivity contribution < 1.29 is 34.2 Å². The number of aromatic hydroxyl groups is 1. The Morgan fingerprint density at radius 2 is 1.79 bits per heavy atom. The smallest absolute Gasteiger partial charge is 0.235 e. The number of hydrogen-bond acceptors (Lipinski definition) is 9. The fraction of sp³-hybridized carbons (Fsp3) is 0.483. The van der Waals surface area contributed by atoms with E-state index in [9.17, 15) is 34.2 Å². The van der Waals surface area contributed by atoms with Crippen LogP contribution in [-0.2, 0) is 32.1 Å². The second kappa shape index (κ2) is 9.32. The first kappa shape index (κ1) is 27.1. The summed E-state index contributed by atoms with van der Waals surface area (Å²) in [6, 6.07) is 6.39. The third kappa shape index (κ3) is 3.84. The van der Waals surface area contributed by atoms with Gasteiger partial charge in [-0.1, -0.05) is 25.1 Å². The van der Waals surface area contributed by atoms with E-state index >= 15 is 0 Å². The Kier molecular flexibility index (Phi) is 6.48. The van der Waals surface area contributed by atoms with Gasteiger partial charge in [-0.2, -0.15) is 0 Å². The Morgan fingerprint density at radius 3 is 2.41 bits per heavy atom. The van der Waals surface area contributed by atoms with E-state index in [-0.39, 0.29) is 24.2 Å². The van der Waals surface area contributed by atoms with Crippen LogP contribution in [0.4, 0.5) is 0 Å². The Balaban J connectivity index is 1.61. The molecule has 5 rings (SSSR count). The molecule has 0 aliphatic heterocycles. The summed E-state index contributed by atoms with van der Waals surface area (Å²) in [5.74, 6) is -10.3. The molecule has 0 radical (unpaired) electrons. The van der Waals surface area contributed by atoms with E-state index in [4.69, 9.17) is 5.73 Å². The Hall–Kier alpha value is -3.47. The van der Waals surface area contributed by atoms with Gasteiger partial charge in [0.15, 0.2) is 34.7 Å². The SMILES string of the molecule is CCN(C)Cc1ccc2cc3c(c(O)c2c1)C(=O)C1C(=O)[C@]2(O)C(=O)C(C(N)=O)C(=O)[C@@H](N(C)C)[C@@H]2C[C@@H]1C3. The Bertz CT molecular complexity index is 1450. The third-order valence-electron chi connectivity index (χ3n) is 8.92. The fourth-order valence-electron chi connectivity index (χ4n) is 6.94. The molecule has 1 amide bonds. The summed E-state index contributed by atoms with van der Waals surface area (Å²) in [5, 5.41) is 24.2. The summed E-state index contributed by atoms with van der Waals surface area (Å²) in [7, 11) is 5.09. The molecule has 39 heavy (non-hydrogen) atoms. The second-order valence-corrected chi connectivity index (χ2v) is 11.4. The predicted octanol–water partition coefficient (Wildman–Crippen LogP) is 0.472. The first-order chi connectivity index (χ1) is 18.3. The van der Waals surface area contributed by atoms with Crippen LogP contribution < -0.4 is 5.73 Å². The number of Topliss-reactive ketones (excluding diaryl/α,β-unsaturated/α-hetero) is 4. The molecule has 0 spiro atoms. The lowest BCUT2D eigenvalue weighted by Crippen LogP contribution is -2.74. The maximum Gasteiger partial charge on any atom is 0.235 e. The monoisotopic (exact) mass is 535 g/mol. The van der Waals surface area contributed by atoms with Gasteiger partial charge in [0.05, 0.1) is 17.5 Å². The van der Waals surface area contributed by atoms with Crippen molar-refractivity contribution in [3.05, 3.63) is 41.0 Å². The lowest BCUT2D eigenvalue weighted by atomic mass is 9.52. The van der Waals surface area contributed by atoms with Crippen LogP contribution in [-0.4, -0.2) is 88.4 Å². The highest BCUT2D eigenvalue weighted by Crippen LogP contribution is 2.51. The fourth-order valence-corrected chi connectivity index (χ4v) is 6.94. The van der Waals surface area contributed by atoms with Gasteiger partial charge in [-0.05, 0) is 69.0 Å². The average Bonchev–Trinajstić information content (AvgIpc) is 2.86. The summed E-state index contributed by atoms with van der Waals surface area (Å²) in [6.07, 6.45) is 0.278. The minimum Gasteiger partial charge on any atom is -0.507 e. The molecule has 0 saturated heterocycles. The summed E-state index contributed by atoms with van der Waals surface area (Å²) < 4.78 is 0. The lowest BCUT2D eigenvalue weighted by molar-refractivity contribution is -0.181. The topological polar surface area (TPSA) is 158 Å². The minimum absolute atomic E-state index is 0.00934. The molecule has 3 aliphatic carbocycles. The van der Waals surface area contributed by atoms with Crippen LogP contribution in [0.2, 0.25) is 0 Å². The third-order valence-corrected chi connectivity index (χ3v) is 8.92. The molecular weight excluding hydrogens is 502 g/mol. The van der Waals surface area contributed by atoms with Crippen molar-refractivity contribution in [1.82, 2.24) is 9.80 Å². The van der Waals surface area contributed by atoms with Gasteiger partial charge in [0.1, 0.15) is 5.75 Å². The molecule has 4 N–H and O–H groups in total. The molecule has 6 atom stereocenters. The van der Waals surface area contributed by atoms with Crippen molar-refractivity contribution in [2.75, 3.05) is 27.7 Å². The van der Waals surface area contributed by atoms with Gasteiger partial charge in [0.25, 0.3) is 0 Å². The molecule has 3 aliphatic rings. The predicted molar refractivity (Wildman–Crippen MR) is 141 cm³/mol. The standard InChI is InChI=1S/C29H33N3O7/c1-5-32(4)12-13-6-7-14-9-15-10-16-11-18-22(31(2)3)25(35)21(28(30)38)27(37)29(18,39)26(36)20(16)24(34)19(15)23(33)17(14)8-13/h6-9,16,18,20-22,33,39H,5,10-12H2,1-4H3,(H2,30,38)/t16-,18-,20?,21?,22-,29-/m0/s1. The number of fused-ring (bicyclic) bond motifs is 4. The van der Waals surface area contributed by atoms with Gasteiger partial charge in [-0.15, -0.1) is 0 Å². The number of ketones is 4.